The van der Waals surface area contributed by atoms with Crippen LogP contribution in [0.5, 0.6) is 0 Å². The molecule has 166 valence electrons. The highest BCUT2D eigenvalue weighted by Crippen LogP contribution is 2.24. The first kappa shape index (κ1) is 22.9. The number of ether oxygens (including phenoxy) is 1. The molecule has 0 aliphatic carbocycles. The van der Waals surface area contributed by atoms with Crippen molar-refractivity contribution in [2.75, 3.05) is 18.9 Å². The van der Waals surface area contributed by atoms with Crippen LogP contribution in [0.1, 0.15) is 36.7 Å². The van der Waals surface area contributed by atoms with Crippen molar-refractivity contribution in [1.29, 1.82) is 0 Å². The van der Waals surface area contributed by atoms with E-state index in [9.17, 15) is 8.42 Å². The van der Waals surface area contributed by atoms with Crippen molar-refractivity contribution < 1.29 is 13.2 Å². The molecule has 0 unspecified atom stereocenters. The Hall–Kier alpha value is -2.75. The summed E-state index contributed by atoms with van der Waals surface area (Å²) in [4.78, 5) is 8.83. The highest BCUT2D eigenvalue weighted by molar-refractivity contribution is 7.92. The van der Waals surface area contributed by atoms with Crippen molar-refractivity contribution in [3.8, 4) is 0 Å². The van der Waals surface area contributed by atoms with Crippen molar-refractivity contribution in [3.05, 3.63) is 58.9 Å². The second-order valence-electron chi connectivity index (χ2n) is 7.20. The molecule has 2 aromatic heterocycles. The third-order valence-corrected chi connectivity index (χ3v) is 5.95. The van der Waals surface area contributed by atoms with E-state index in [1.165, 1.54) is 5.41 Å². The van der Waals surface area contributed by atoms with Crippen LogP contribution in [0, 0.1) is 6.92 Å². The quantitative estimate of drug-likeness (QED) is 0.440. The van der Waals surface area contributed by atoms with Crippen molar-refractivity contribution in [1.82, 2.24) is 19.3 Å². The Bertz CT molecular complexity index is 1140. The number of hydrogen-bond donors (Lipinski definition) is 2. The summed E-state index contributed by atoms with van der Waals surface area (Å²) >= 11 is 0. The zero-order chi connectivity index (χ0) is 22.3. The number of fused-ring (bicyclic) bond motifs is 1. The predicted molar refractivity (Wildman–Crippen MR) is 124 cm³/mol. The normalized spacial score (nSPS) is 12.2. The van der Waals surface area contributed by atoms with Gasteiger partial charge in [-0.15, -0.1) is 0 Å². The Morgan fingerprint density at radius 3 is 2.74 bits per heavy atom. The van der Waals surface area contributed by atoms with Crippen LogP contribution in [-0.2, 0) is 27.9 Å². The monoisotopic (exact) mass is 443 g/mol. The molecule has 0 saturated heterocycles. The first-order valence-corrected chi connectivity index (χ1v) is 11.9. The van der Waals surface area contributed by atoms with E-state index in [2.05, 4.69) is 19.3 Å². The zero-order valence-electron chi connectivity index (χ0n) is 17.9. The molecule has 0 atom stereocenters. The number of nitrogens with two attached hydrogens (primary N) is 1. The summed E-state index contributed by atoms with van der Waals surface area (Å²) in [6.45, 7) is 5.94. The molecule has 3 rings (SSSR count). The van der Waals surface area contributed by atoms with Crippen LogP contribution in [0.15, 0.2) is 41.9 Å². The van der Waals surface area contributed by atoms with Gasteiger partial charge in [-0.2, -0.15) is 0 Å². The third-order valence-electron chi connectivity index (χ3n) is 4.85. The number of pyridine rings is 1. The van der Waals surface area contributed by atoms with Crippen molar-refractivity contribution in [2.24, 2.45) is 0 Å². The number of aromatic nitrogens is 3. The van der Waals surface area contributed by atoms with Gasteiger partial charge in [-0.3, -0.25) is 0 Å². The van der Waals surface area contributed by atoms with Crippen molar-refractivity contribution in [2.45, 2.75) is 39.8 Å². The van der Waals surface area contributed by atoms with E-state index in [1.807, 2.05) is 44.2 Å². The molecule has 8 nitrogen and oxygen atoms in total. The van der Waals surface area contributed by atoms with Gasteiger partial charge in [-0.1, -0.05) is 30.3 Å². The van der Waals surface area contributed by atoms with E-state index in [0.717, 1.165) is 28.9 Å². The summed E-state index contributed by atoms with van der Waals surface area (Å²) in [5.41, 5.74) is 9.48. The van der Waals surface area contributed by atoms with Crippen LogP contribution in [0.2, 0.25) is 0 Å². The van der Waals surface area contributed by atoms with Gasteiger partial charge in [0.2, 0.25) is 10.0 Å². The van der Waals surface area contributed by atoms with Crippen molar-refractivity contribution in [3.63, 3.8) is 0 Å². The van der Waals surface area contributed by atoms with Crippen LogP contribution >= 0.6 is 0 Å². The number of anilines is 1. The highest BCUT2D eigenvalue weighted by Gasteiger charge is 2.15. The minimum absolute atomic E-state index is 0.359. The molecule has 9 heteroatoms. The first-order chi connectivity index (χ1) is 14.9. The summed E-state index contributed by atoms with van der Waals surface area (Å²) < 4.78 is 34.6. The van der Waals surface area contributed by atoms with Crippen LogP contribution in [0.3, 0.4) is 0 Å². The number of aryl methyl sites for hydroxylation is 2. The van der Waals surface area contributed by atoms with E-state index in [-0.39, 0.29) is 0 Å². The maximum absolute atomic E-state index is 12.2. The lowest BCUT2D eigenvalue weighted by molar-refractivity contribution is 0.126. The molecule has 0 aliphatic rings. The number of nitrogens with one attached hydrogen (secondary N) is 1. The van der Waals surface area contributed by atoms with Gasteiger partial charge in [-0.05, 0) is 43.9 Å². The van der Waals surface area contributed by atoms with Gasteiger partial charge in [0.05, 0.1) is 5.52 Å². The molecule has 3 N–H and O–H groups in total. The van der Waals surface area contributed by atoms with Crippen LogP contribution in [0.4, 0.5) is 5.82 Å². The van der Waals surface area contributed by atoms with Crippen LogP contribution in [0.25, 0.3) is 17.1 Å². The number of imidazole rings is 1. The molecule has 2 heterocycles. The molecule has 0 fully saturated rings. The molecule has 0 spiro atoms. The van der Waals surface area contributed by atoms with E-state index >= 15 is 0 Å². The highest BCUT2D eigenvalue weighted by atomic mass is 32.2. The number of hydrogen-bond acceptors (Lipinski definition) is 6. The maximum Gasteiger partial charge on any atom is 0.233 e. The lowest BCUT2D eigenvalue weighted by atomic mass is 10.2. The van der Waals surface area contributed by atoms with Gasteiger partial charge < -0.3 is 15.0 Å². The molecule has 1 aromatic carbocycles. The fourth-order valence-electron chi connectivity index (χ4n) is 3.30. The smallest absolute Gasteiger partial charge is 0.233 e. The standard InChI is InChI=1S/C22H29N5O3S/c1-3-30-16-19-26-20-21(17(2)15-24-22(20)23)27(19)13-8-7-12-25-31(28,29)14-11-18-9-5-4-6-10-18/h4-6,9-11,14-15,25H,3,7-8,12-13,16H2,1-2H3,(H2,23,24)/b14-11+. The van der Waals surface area contributed by atoms with E-state index < -0.39 is 10.0 Å². The minimum atomic E-state index is -3.48. The fourth-order valence-corrected chi connectivity index (χ4v) is 4.16. The molecular formula is C22H29N5O3S. The van der Waals surface area contributed by atoms with Gasteiger partial charge in [0.15, 0.2) is 5.82 Å². The SMILES string of the molecule is CCOCc1nc2c(N)ncc(C)c2n1CCCCNS(=O)(=O)/C=C/c1ccccc1. The summed E-state index contributed by atoms with van der Waals surface area (Å²) in [5.74, 6) is 1.20. The molecule has 3 aromatic rings. The largest absolute Gasteiger partial charge is 0.382 e. The maximum atomic E-state index is 12.2. The molecule has 0 aliphatic heterocycles. The van der Waals surface area contributed by atoms with Crippen LogP contribution < -0.4 is 10.5 Å². The number of unbranched alkanes of at least 4 members (excludes halogenated alkanes) is 1. The number of sulfonamides is 1. The zero-order valence-corrected chi connectivity index (χ0v) is 18.7. The van der Waals surface area contributed by atoms with Gasteiger partial charge >= 0.3 is 0 Å². The summed E-state index contributed by atoms with van der Waals surface area (Å²) in [6, 6.07) is 9.33. The van der Waals surface area contributed by atoms with E-state index in [1.54, 1.807) is 12.3 Å². The Labute approximate surface area is 183 Å². The summed E-state index contributed by atoms with van der Waals surface area (Å²) in [6.07, 6.45) is 4.79. The number of nitrogen functional groups attached to an aromatic ring is 1. The van der Waals surface area contributed by atoms with Gasteiger partial charge in [0, 0.05) is 31.3 Å². The molecule has 0 bridgehead atoms. The Morgan fingerprint density at radius 1 is 1.23 bits per heavy atom. The van der Waals surface area contributed by atoms with Gasteiger partial charge in [0.25, 0.3) is 0 Å². The molecule has 31 heavy (non-hydrogen) atoms. The lowest BCUT2D eigenvalue weighted by Gasteiger charge is -2.11. The minimum Gasteiger partial charge on any atom is -0.382 e. The summed E-state index contributed by atoms with van der Waals surface area (Å²) in [7, 11) is -3.48. The van der Waals surface area contributed by atoms with E-state index in [0.29, 0.717) is 44.1 Å². The topological polar surface area (TPSA) is 112 Å². The third kappa shape index (κ3) is 6.13. The second kappa shape index (κ2) is 10.5. The number of rotatable bonds is 11. The predicted octanol–water partition coefficient (Wildman–Crippen LogP) is 3.23. The second-order valence-corrected chi connectivity index (χ2v) is 8.85. The van der Waals surface area contributed by atoms with Crippen molar-refractivity contribution >= 4 is 33.0 Å². The molecular weight excluding hydrogens is 414 g/mol. The summed E-state index contributed by atoms with van der Waals surface area (Å²) in [5, 5.41) is 1.20. The Morgan fingerprint density at radius 2 is 2.00 bits per heavy atom. The molecule has 0 saturated carbocycles. The molecule has 0 amide bonds. The van der Waals surface area contributed by atoms with Gasteiger partial charge in [-0.25, -0.2) is 23.1 Å². The molecule has 0 radical (unpaired) electrons. The number of nitrogens with zero attached hydrogens (tertiary/aromatic N) is 3. The average Bonchev–Trinajstić information content (AvgIpc) is 3.13. The Balaban J connectivity index is 1.60. The van der Waals surface area contributed by atoms with Gasteiger partial charge in [0.1, 0.15) is 17.9 Å². The number of benzene rings is 1. The van der Waals surface area contributed by atoms with Crippen LogP contribution in [-0.4, -0.2) is 36.1 Å². The Kier molecular flexibility index (Phi) is 7.78. The lowest BCUT2D eigenvalue weighted by Crippen LogP contribution is -2.22. The van der Waals surface area contributed by atoms with E-state index in [4.69, 9.17) is 10.5 Å². The first-order valence-electron chi connectivity index (χ1n) is 10.3. The average molecular weight is 444 g/mol. The fraction of sp³-hybridized carbons (Fsp3) is 0.364.